The number of thiocarbonyl (C=S) groups is 2. The molecule has 0 saturated carbocycles. The fourth-order valence-corrected chi connectivity index (χ4v) is 4.95. The third kappa shape index (κ3) is 6.18. The molecule has 4 aromatic rings. The van der Waals surface area contributed by atoms with Crippen molar-refractivity contribution >= 4 is 102 Å². The highest BCUT2D eigenvalue weighted by Crippen LogP contribution is 2.23. The fourth-order valence-electron chi connectivity index (χ4n) is 3.90. The Bertz CT molecular complexity index is 1130. The Morgan fingerprint density at radius 1 is 0.719 bits per heavy atom. The molecule has 0 aliphatic rings. The summed E-state index contributed by atoms with van der Waals surface area (Å²) in [6.07, 6.45) is 6.75. The zero-order valence-electron chi connectivity index (χ0n) is 18.5. The molecule has 0 radical (unpaired) electrons. The van der Waals surface area contributed by atoms with E-state index >= 15 is 0 Å². The lowest BCUT2D eigenvalue weighted by Gasteiger charge is -2.03. The van der Waals surface area contributed by atoms with Crippen LogP contribution in [0.15, 0.2) is 48.8 Å². The van der Waals surface area contributed by atoms with E-state index < -0.39 is 0 Å². The van der Waals surface area contributed by atoms with Crippen LogP contribution in [0.25, 0.3) is 21.8 Å². The van der Waals surface area contributed by atoms with Crippen LogP contribution in [-0.2, 0) is 13.1 Å². The number of rotatable bonds is 8. The molecule has 2 heterocycles. The molecule has 2 aromatic heterocycles. The van der Waals surface area contributed by atoms with Crippen molar-refractivity contribution in [1.29, 1.82) is 0 Å². The van der Waals surface area contributed by atoms with Gasteiger partial charge in [-0.15, -0.1) is 0 Å². The Morgan fingerprint density at radius 3 is 1.47 bits per heavy atom. The first-order valence-corrected chi connectivity index (χ1v) is 14.7. The summed E-state index contributed by atoms with van der Waals surface area (Å²) in [7, 11) is 0. The Hall–Kier alpha value is -0.840. The quantitative estimate of drug-likeness (QED) is 0.105. The molecule has 32 heavy (non-hydrogen) atoms. The van der Waals surface area contributed by atoms with Gasteiger partial charge in [0, 0.05) is 78.0 Å². The Balaban J connectivity index is 0.000000181. The number of benzene rings is 2. The Morgan fingerprint density at radius 2 is 1.12 bits per heavy atom. The summed E-state index contributed by atoms with van der Waals surface area (Å²) in [5, 5.41) is 6.12. The molecule has 6 heteroatoms. The summed E-state index contributed by atoms with van der Waals surface area (Å²) in [4.78, 5) is 0. The first-order chi connectivity index (χ1) is 15.5. The monoisotopic (exact) mass is 686 g/mol. The molecule has 0 spiro atoms. The number of alkyl halides is 2. The predicted octanol–water partition coefficient (Wildman–Crippen LogP) is 8.25. The molecule has 4 rings (SSSR count). The second-order valence-corrected chi connectivity index (χ2v) is 10.5. The molecule has 0 aliphatic heterocycles. The average Bonchev–Trinajstić information content (AvgIpc) is 3.33. The van der Waals surface area contributed by atoms with E-state index in [2.05, 4.69) is 117 Å². The molecule has 2 aromatic carbocycles. The van der Waals surface area contributed by atoms with Crippen molar-refractivity contribution in [3.8, 4) is 0 Å². The highest BCUT2D eigenvalue weighted by atomic mass is 127. The Labute approximate surface area is 229 Å². The van der Waals surface area contributed by atoms with E-state index in [1.807, 2.05) is 0 Å². The van der Waals surface area contributed by atoms with Gasteiger partial charge in [0.25, 0.3) is 0 Å². The number of fused-ring (bicyclic) bond motifs is 2. The van der Waals surface area contributed by atoms with Crippen molar-refractivity contribution in [3.63, 3.8) is 0 Å². The van der Waals surface area contributed by atoms with Crippen molar-refractivity contribution < 1.29 is 0 Å². The van der Waals surface area contributed by atoms with Gasteiger partial charge in [0.2, 0.25) is 0 Å². The van der Waals surface area contributed by atoms with E-state index in [0.29, 0.717) is 0 Å². The molecule has 0 N–H and O–H groups in total. The number of hydrogen-bond donors (Lipinski definition) is 0. The second-order valence-electron chi connectivity index (χ2n) is 7.92. The van der Waals surface area contributed by atoms with Gasteiger partial charge in [-0.25, -0.2) is 0 Å². The van der Waals surface area contributed by atoms with E-state index in [0.717, 1.165) is 13.1 Å². The number of halogens is 2. The molecular weight excluding hydrogens is 658 g/mol. The fraction of sp³-hybridized carbons (Fsp3) is 0.308. The molecule has 0 fully saturated rings. The maximum Gasteiger partial charge on any atom is 0.0487 e. The SMILES string of the molecule is Cc1ccc2c(c1)c(C=S)cn2CCCI.Cc1ccc2c(c1)c(C=S)cn2CCCI. The topological polar surface area (TPSA) is 9.86 Å². The number of nitrogens with zero attached hydrogens (tertiary/aromatic N) is 2. The smallest absolute Gasteiger partial charge is 0.0487 e. The van der Waals surface area contributed by atoms with Crippen molar-refractivity contribution in [3.05, 3.63) is 71.0 Å². The number of aryl methyl sites for hydroxylation is 4. The predicted molar refractivity (Wildman–Crippen MR) is 166 cm³/mol. The van der Waals surface area contributed by atoms with Crippen molar-refractivity contribution in [2.24, 2.45) is 0 Å². The second kappa shape index (κ2) is 12.6. The summed E-state index contributed by atoms with van der Waals surface area (Å²) in [6, 6.07) is 13.1. The molecule has 168 valence electrons. The highest BCUT2D eigenvalue weighted by molar-refractivity contribution is 14.1. The van der Waals surface area contributed by atoms with Gasteiger partial charge in [-0.3, -0.25) is 0 Å². The first-order valence-electron chi connectivity index (χ1n) is 10.7. The minimum absolute atomic E-state index is 1.08. The van der Waals surface area contributed by atoms with Gasteiger partial charge < -0.3 is 9.13 Å². The van der Waals surface area contributed by atoms with Gasteiger partial charge in [0.15, 0.2) is 0 Å². The molecule has 0 atom stereocenters. The van der Waals surface area contributed by atoms with Crippen LogP contribution in [0.3, 0.4) is 0 Å². The van der Waals surface area contributed by atoms with Crippen LogP contribution in [-0.4, -0.2) is 28.7 Å². The largest absolute Gasteiger partial charge is 0.347 e. The van der Waals surface area contributed by atoms with Crippen LogP contribution >= 0.6 is 69.6 Å². The van der Waals surface area contributed by atoms with Crippen molar-refractivity contribution in [2.75, 3.05) is 8.86 Å². The summed E-state index contributed by atoms with van der Waals surface area (Å²) in [5.41, 5.74) is 7.51. The summed E-state index contributed by atoms with van der Waals surface area (Å²) >= 11 is 15.0. The lowest BCUT2D eigenvalue weighted by Crippen LogP contribution is -1.96. The lowest BCUT2D eigenvalue weighted by molar-refractivity contribution is 0.714. The van der Waals surface area contributed by atoms with Crippen LogP contribution in [0, 0.1) is 13.8 Å². The van der Waals surface area contributed by atoms with Gasteiger partial charge >= 0.3 is 0 Å². The van der Waals surface area contributed by atoms with Gasteiger partial charge in [-0.05, 0) is 51.0 Å². The first kappa shape index (κ1) is 25.8. The summed E-state index contributed by atoms with van der Waals surface area (Å²) in [6.45, 7) is 6.39. The summed E-state index contributed by atoms with van der Waals surface area (Å²) < 4.78 is 7.00. The molecule has 0 aliphatic carbocycles. The van der Waals surface area contributed by atoms with E-state index in [1.54, 1.807) is 10.7 Å². The standard InChI is InChI=1S/2C13H14INS/c2*1-10-3-4-13-12(7-10)11(9-16)8-15(13)6-2-5-14/h2*3-4,7-9H,2,5-6H2,1H3. The maximum absolute atomic E-state index is 5.08. The van der Waals surface area contributed by atoms with Crippen LogP contribution < -0.4 is 0 Å². The molecule has 0 unspecified atom stereocenters. The molecule has 0 bridgehead atoms. The normalized spacial score (nSPS) is 10.9. The number of aromatic nitrogens is 2. The minimum Gasteiger partial charge on any atom is -0.347 e. The van der Waals surface area contributed by atoms with Crippen LogP contribution in [0.2, 0.25) is 0 Å². The van der Waals surface area contributed by atoms with E-state index in [1.165, 1.54) is 65.8 Å². The van der Waals surface area contributed by atoms with Crippen molar-refractivity contribution in [1.82, 2.24) is 9.13 Å². The van der Waals surface area contributed by atoms with Gasteiger partial charge in [0.1, 0.15) is 0 Å². The Kier molecular flexibility index (Phi) is 10.1. The molecule has 0 amide bonds. The average molecular weight is 686 g/mol. The third-order valence-corrected chi connectivity index (χ3v) is 7.49. The summed E-state index contributed by atoms with van der Waals surface area (Å²) in [5.74, 6) is 0. The van der Waals surface area contributed by atoms with E-state index in [4.69, 9.17) is 24.4 Å². The molecule has 0 saturated heterocycles. The van der Waals surface area contributed by atoms with Crippen LogP contribution in [0.4, 0.5) is 0 Å². The molecule has 2 nitrogen and oxygen atoms in total. The van der Waals surface area contributed by atoms with E-state index in [9.17, 15) is 0 Å². The van der Waals surface area contributed by atoms with Crippen LogP contribution in [0.1, 0.15) is 35.1 Å². The van der Waals surface area contributed by atoms with Gasteiger partial charge in [-0.2, -0.15) is 0 Å². The lowest BCUT2D eigenvalue weighted by atomic mass is 10.1. The van der Waals surface area contributed by atoms with Crippen molar-refractivity contribution in [2.45, 2.75) is 39.8 Å². The van der Waals surface area contributed by atoms with Crippen LogP contribution in [0.5, 0.6) is 0 Å². The zero-order valence-corrected chi connectivity index (χ0v) is 24.4. The van der Waals surface area contributed by atoms with Gasteiger partial charge in [-0.1, -0.05) is 92.9 Å². The zero-order chi connectivity index (χ0) is 23.1. The molecular formula is C26H28I2N2S2. The van der Waals surface area contributed by atoms with E-state index in [-0.39, 0.29) is 0 Å². The highest BCUT2D eigenvalue weighted by Gasteiger charge is 2.07. The van der Waals surface area contributed by atoms with Gasteiger partial charge in [0.05, 0.1) is 0 Å². The maximum atomic E-state index is 5.08. The minimum atomic E-state index is 1.08. The number of hydrogen-bond acceptors (Lipinski definition) is 2. The third-order valence-electron chi connectivity index (χ3n) is 5.45.